The van der Waals surface area contributed by atoms with Gasteiger partial charge in [-0.3, -0.25) is 9.59 Å². The molecule has 0 saturated heterocycles. The van der Waals surface area contributed by atoms with E-state index in [-0.39, 0.29) is 36.9 Å². The molecule has 2 rings (SSSR count). The highest BCUT2D eigenvalue weighted by atomic mass is 16.5. The third-order valence-electron chi connectivity index (χ3n) is 3.35. The molecule has 0 unspecified atom stereocenters. The number of phenols is 2. The third-order valence-corrected chi connectivity index (χ3v) is 3.35. The largest absolute Gasteiger partial charge is 0.504 e. The summed E-state index contributed by atoms with van der Waals surface area (Å²) in [4.78, 5) is 23.5. The molecule has 0 radical (unpaired) electrons. The number of phenolic OH excluding ortho intramolecular Hbond substituents is 2. The zero-order valence-electron chi connectivity index (χ0n) is 13.1. The summed E-state index contributed by atoms with van der Waals surface area (Å²) in [5.74, 6) is -1.67. The van der Waals surface area contributed by atoms with Crippen LogP contribution in [0, 0.1) is 0 Å². The molecule has 0 heterocycles. The fourth-order valence-corrected chi connectivity index (χ4v) is 2.05. The van der Waals surface area contributed by atoms with Crippen molar-refractivity contribution in [2.24, 2.45) is 0 Å². The highest BCUT2D eigenvalue weighted by molar-refractivity contribution is 5.97. The van der Waals surface area contributed by atoms with E-state index in [1.54, 1.807) is 0 Å². The number of ether oxygens (including phenoxy) is 1. The van der Waals surface area contributed by atoms with E-state index in [9.17, 15) is 19.8 Å². The topological polar surface area (TPSA) is 95.9 Å². The first-order valence-electron chi connectivity index (χ1n) is 7.56. The summed E-state index contributed by atoms with van der Waals surface area (Å²) >= 11 is 0. The van der Waals surface area contributed by atoms with Crippen molar-refractivity contribution in [3.05, 3.63) is 59.7 Å². The Hall–Kier alpha value is -3.02. The minimum atomic E-state index is -0.513. The number of rotatable bonds is 7. The summed E-state index contributed by atoms with van der Waals surface area (Å²) in [6.07, 6.45) is 0.595. The van der Waals surface area contributed by atoms with Gasteiger partial charge in [0.1, 0.15) is 6.61 Å². The maximum Gasteiger partial charge on any atom is 0.306 e. The van der Waals surface area contributed by atoms with Gasteiger partial charge in [0.25, 0.3) is 5.91 Å². The Kier molecular flexibility index (Phi) is 6.19. The molecule has 0 atom stereocenters. The van der Waals surface area contributed by atoms with Crippen molar-refractivity contribution in [3.63, 3.8) is 0 Å². The summed E-state index contributed by atoms with van der Waals surface area (Å²) < 4.78 is 5.13. The molecule has 6 heteroatoms. The zero-order chi connectivity index (χ0) is 17.4. The number of carbonyl (C=O) groups excluding carboxylic acids is 2. The molecule has 0 spiro atoms. The fourth-order valence-electron chi connectivity index (χ4n) is 2.05. The first-order chi connectivity index (χ1) is 11.6. The molecule has 0 saturated carbocycles. The molecule has 2 aromatic rings. The average molecular weight is 329 g/mol. The molecule has 126 valence electrons. The average Bonchev–Trinajstić information content (AvgIpc) is 2.60. The predicted octanol–water partition coefficient (Wildman–Crippen LogP) is 2.35. The van der Waals surface area contributed by atoms with E-state index >= 15 is 0 Å². The van der Waals surface area contributed by atoms with Crippen LogP contribution >= 0.6 is 0 Å². The van der Waals surface area contributed by atoms with Crippen LogP contribution < -0.4 is 5.32 Å². The van der Waals surface area contributed by atoms with Gasteiger partial charge in [0.2, 0.25) is 0 Å². The molecule has 0 aliphatic carbocycles. The second-order valence-electron chi connectivity index (χ2n) is 5.18. The molecule has 0 aromatic heterocycles. The molecule has 0 bridgehead atoms. The van der Waals surface area contributed by atoms with Crippen molar-refractivity contribution in [1.82, 2.24) is 5.32 Å². The van der Waals surface area contributed by atoms with Crippen molar-refractivity contribution in [1.29, 1.82) is 0 Å². The van der Waals surface area contributed by atoms with Crippen LogP contribution in [0.25, 0.3) is 0 Å². The summed E-state index contributed by atoms with van der Waals surface area (Å²) in [6, 6.07) is 13.5. The minimum absolute atomic E-state index is 0.0124. The van der Waals surface area contributed by atoms with Gasteiger partial charge in [-0.25, -0.2) is 0 Å². The van der Waals surface area contributed by atoms with Gasteiger partial charge in [0, 0.05) is 13.0 Å². The van der Waals surface area contributed by atoms with Crippen LogP contribution in [0.15, 0.2) is 48.5 Å². The monoisotopic (exact) mass is 329 g/mol. The Labute approximate surface area is 139 Å². The number of benzene rings is 2. The van der Waals surface area contributed by atoms with E-state index in [1.807, 2.05) is 30.3 Å². The van der Waals surface area contributed by atoms with Gasteiger partial charge < -0.3 is 20.3 Å². The first kappa shape index (κ1) is 17.3. The fraction of sp³-hybridized carbons (Fsp3) is 0.222. The van der Waals surface area contributed by atoms with Crippen LogP contribution in [-0.4, -0.2) is 28.6 Å². The molecular weight excluding hydrogens is 310 g/mol. The Morgan fingerprint density at radius 2 is 1.75 bits per heavy atom. The number of nitrogens with one attached hydrogen (secondary N) is 1. The number of esters is 1. The van der Waals surface area contributed by atoms with Gasteiger partial charge in [-0.1, -0.05) is 36.4 Å². The maximum absolute atomic E-state index is 11.9. The lowest BCUT2D eigenvalue weighted by Crippen LogP contribution is -2.25. The second-order valence-corrected chi connectivity index (χ2v) is 5.18. The number of carbonyl (C=O) groups is 2. The summed E-state index contributed by atoms with van der Waals surface area (Å²) in [5, 5.41) is 21.5. The summed E-state index contributed by atoms with van der Waals surface area (Å²) in [7, 11) is 0. The van der Waals surface area contributed by atoms with E-state index in [4.69, 9.17) is 4.74 Å². The van der Waals surface area contributed by atoms with Crippen molar-refractivity contribution >= 4 is 11.9 Å². The SMILES string of the molecule is O=C(CCCNC(=O)c1cccc(O)c1O)OCc1ccccc1. The Balaban J connectivity index is 1.68. The Morgan fingerprint density at radius 3 is 2.50 bits per heavy atom. The molecule has 0 aliphatic heterocycles. The van der Waals surface area contributed by atoms with E-state index in [0.717, 1.165) is 5.56 Å². The minimum Gasteiger partial charge on any atom is -0.504 e. The Bertz CT molecular complexity index is 700. The predicted molar refractivity (Wildman–Crippen MR) is 87.6 cm³/mol. The lowest BCUT2D eigenvalue weighted by Gasteiger charge is -2.08. The van der Waals surface area contributed by atoms with Crippen LogP contribution in [0.2, 0.25) is 0 Å². The Morgan fingerprint density at radius 1 is 1.00 bits per heavy atom. The normalized spacial score (nSPS) is 10.2. The molecule has 0 aliphatic rings. The quantitative estimate of drug-likeness (QED) is 0.412. The molecule has 3 N–H and O–H groups in total. The number of aromatic hydroxyl groups is 2. The van der Waals surface area contributed by atoms with E-state index < -0.39 is 11.7 Å². The van der Waals surface area contributed by atoms with Gasteiger partial charge >= 0.3 is 5.97 Å². The van der Waals surface area contributed by atoms with Crippen LogP contribution in [0.5, 0.6) is 11.5 Å². The lowest BCUT2D eigenvalue weighted by atomic mass is 10.1. The lowest BCUT2D eigenvalue weighted by molar-refractivity contribution is -0.145. The number of hydrogen-bond donors (Lipinski definition) is 3. The van der Waals surface area contributed by atoms with Crippen LogP contribution in [-0.2, 0) is 16.1 Å². The molecule has 0 fully saturated rings. The van der Waals surface area contributed by atoms with Gasteiger partial charge in [-0.2, -0.15) is 0 Å². The van der Waals surface area contributed by atoms with Gasteiger partial charge in [0.05, 0.1) is 5.56 Å². The molecule has 24 heavy (non-hydrogen) atoms. The maximum atomic E-state index is 11.9. The van der Waals surface area contributed by atoms with Crippen molar-refractivity contribution in [2.75, 3.05) is 6.54 Å². The zero-order valence-corrected chi connectivity index (χ0v) is 13.1. The number of hydrogen-bond acceptors (Lipinski definition) is 5. The van der Waals surface area contributed by atoms with Crippen molar-refractivity contribution in [2.45, 2.75) is 19.4 Å². The van der Waals surface area contributed by atoms with E-state index in [2.05, 4.69) is 5.32 Å². The number of para-hydroxylation sites is 1. The molecular formula is C18H19NO5. The van der Waals surface area contributed by atoms with Crippen molar-refractivity contribution in [3.8, 4) is 11.5 Å². The van der Waals surface area contributed by atoms with E-state index in [0.29, 0.717) is 6.42 Å². The first-order valence-corrected chi connectivity index (χ1v) is 7.56. The van der Waals surface area contributed by atoms with Gasteiger partial charge in [-0.05, 0) is 24.1 Å². The number of amides is 1. The standard InChI is InChI=1S/C18H19NO5/c20-15-9-4-8-14(17(15)22)18(23)19-11-5-10-16(21)24-12-13-6-2-1-3-7-13/h1-4,6-9,20,22H,5,10-12H2,(H,19,23). The van der Waals surface area contributed by atoms with Crippen LogP contribution in [0.3, 0.4) is 0 Å². The second kappa shape index (κ2) is 8.57. The summed E-state index contributed by atoms with van der Waals surface area (Å²) in [5.41, 5.74) is 0.903. The third kappa shape index (κ3) is 5.01. The highest BCUT2D eigenvalue weighted by Gasteiger charge is 2.13. The highest BCUT2D eigenvalue weighted by Crippen LogP contribution is 2.27. The molecule has 6 nitrogen and oxygen atoms in total. The van der Waals surface area contributed by atoms with Gasteiger partial charge in [0.15, 0.2) is 11.5 Å². The van der Waals surface area contributed by atoms with Crippen LogP contribution in [0.1, 0.15) is 28.8 Å². The van der Waals surface area contributed by atoms with E-state index in [1.165, 1.54) is 18.2 Å². The smallest absolute Gasteiger partial charge is 0.306 e. The van der Waals surface area contributed by atoms with Gasteiger partial charge in [-0.15, -0.1) is 0 Å². The molecule has 1 amide bonds. The molecule has 2 aromatic carbocycles. The van der Waals surface area contributed by atoms with Crippen molar-refractivity contribution < 1.29 is 24.5 Å². The van der Waals surface area contributed by atoms with Crippen LogP contribution in [0.4, 0.5) is 0 Å². The summed E-state index contributed by atoms with van der Waals surface area (Å²) in [6.45, 7) is 0.484.